The summed E-state index contributed by atoms with van der Waals surface area (Å²) in [4.78, 5) is 10.8. The van der Waals surface area contributed by atoms with E-state index in [1.165, 1.54) is 4.68 Å². The molecule has 0 fully saturated rings. The molecule has 88 valence electrons. The average Bonchev–Trinajstić information content (AvgIpc) is 2.60. The lowest BCUT2D eigenvalue weighted by atomic mass is 10.2. The van der Waals surface area contributed by atoms with Crippen molar-refractivity contribution in [3.63, 3.8) is 0 Å². The summed E-state index contributed by atoms with van der Waals surface area (Å²) in [5.41, 5.74) is 6.87. The van der Waals surface area contributed by atoms with Crippen LogP contribution in [-0.4, -0.2) is 26.1 Å². The van der Waals surface area contributed by atoms with E-state index >= 15 is 0 Å². The van der Waals surface area contributed by atoms with Crippen LogP contribution < -0.4 is 5.73 Å². The second-order valence-electron chi connectivity index (χ2n) is 3.47. The van der Waals surface area contributed by atoms with Gasteiger partial charge in [-0.25, -0.2) is 4.79 Å². The zero-order chi connectivity index (χ0) is 12.6. The molecular weight excluding hydrogens is 244 g/mol. The quantitative estimate of drug-likeness (QED) is 0.845. The van der Waals surface area contributed by atoms with Crippen molar-refractivity contribution in [2.75, 3.05) is 5.73 Å². The Morgan fingerprint density at radius 3 is 2.76 bits per heavy atom. The number of carbonyl (C=O) groups is 1. The summed E-state index contributed by atoms with van der Waals surface area (Å²) in [5, 5.41) is 16.6. The molecule has 7 heteroatoms. The maximum atomic E-state index is 10.8. The third kappa shape index (κ3) is 1.94. The van der Waals surface area contributed by atoms with Gasteiger partial charge in [-0.1, -0.05) is 16.8 Å². The predicted octanol–water partition coefficient (Wildman–Crippen LogP) is 1.51. The van der Waals surface area contributed by atoms with Gasteiger partial charge in [0.15, 0.2) is 5.82 Å². The van der Waals surface area contributed by atoms with E-state index in [4.69, 9.17) is 22.4 Å². The van der Waals surface area contributed by atoms with Crippen molar-refractivity contribution >= 4 is 23.4 Å². The summed E-state index contributed by atoms with van der Waals surface area (Å²) in [7, 11) is 0. The number of carboxylic acids is 1. The monoisotopic (exact) mass is 252 g/mol. The minimum atomic E-state index is -1.21. The van der Waals surface area contributed by atoms with Gasteiger partial charge in [0, 0.05) is 5.02 Å². The Morgan fingerprint density at radius 2 is 2.24 bits per heavy atom. The van der Waals surface area contributed by atoms with Crippen LogP contribution in [0.25, 0.3) is 5.69 Å². The molecule has 0 unspecified atom stereocenters. The van der Waals surface area contributed by atoms with Crippen LogP contribution in [0, 0.1) is 6.92 Å². The SMILES string of the molecule is Cc1cc(Cl)ccc1-n1nnc(C(=O)O)c1N. The van der Waals surface area contributed by atoms with Crippen LogP contribution in [0.5, 0.6) is 0 Å². The van der Waals surface area contributed by atoms with Crippen molar-refractivity contribution in [3.8, 4) is 5.69 Å². The van der Waals surface area contributed by atoms with E-state index in [0.29, 0.717) is 10.7 Å². The van der Waals surface area contributed by atoms with Gasteiger partial charge in [0.25, 0.3) is 0 Å². The zero-order valence-electron chi connectivity index (χ0n) is 8.88. The molecule has 0 saturated carbocycles. The standard InChI is InChI=1S/C10H9ClN4O2/c1-5-4-6(11)2-3-7(5)15-9(12)8(10(16)17)13-14-15/h2-4H,12H2,1H3,(H,16,17). The van der Waals surface area contributed by atoms with Crippen molar-refractivity contribution in [3.05, 3.63) is 34.5 Å². The van der Waals surface area contributed by atoms with E-state index in [0.717, 1.165) is 5.56 Å². The molecule has 0 amide bonds. The number of benzene rings is 1. The van der Waals surface area contributed by atoms with Crippen molar-refractivity contribution in [2.45, 2.75) is 6.92 Å². The summed E-state index contributed by atoms with van der Waals surface area (Å²) >= 11 is 5.83. The normalized spacial score (nSPS) is 10.5. The number of aromatic carboxylic acids is 1. The van der Waals surface area contributed by atoms with Gasteiger partial charge in [-0.15, -0.1) is 5.10 Å². The van der Waals surface area contributed by atoms with Crippen LogP contribution in [0.1, 0.15) is 16.1 Å². The van der Waals surface area contributed by atoms with Crippen LogP contribution in [0.4, 0.5) is 5.82 Å². The van der Waals surface area contributed by atoms with Crippen molar-refractivity contribution in [2.24, 2.45) is 0 Å². The Bertz CT molecular complexity index is 594. The van der Waals surface area contributed by atoms with Gasteiger partial charge < -0.3 is 10.8 Å². The molecule has 17 heavy (non-hydrogen) atoms. The second kappa shape index (κ2) is 4.06. The summed E-state index contributed by atoms with van der Waals surface area (Å²) in [6.07, 6.45) is 0. The number of nitrogen functional groups attached to an aromatic ring is 1. The fourth-order valence-electron chi connectivity index (χ4n) is 1.48. The highest BCUT2D eigenvalue weighted by atomic mass is 35.5. The number of halogens is 1. The number of hydrogen-bond donors (Lipinski definition) is 2. The number of nitrogens with zero attached hydrogens (tertiary/aromatic N) is 3. The van der Waals surface area contributed by atoms with Gasteiger partial charge >= 0.3 is 5.97 Å². The molecule has 0 spiro atoms. The lowest BCUT2D eigenvalue weighted by molar-refractivity contribution is 0.0691. The third-order valence-corrected chi connectivity index (χ3v) is 2.53. The van der Waals surface area contributed by atoms with E-state index in [1.807, 2.05) is 6.92 Å². The number of anilines is 1. The van der Waals surface area contributed by atoms with Crippen molar-refractivity contribution in [1.82, 2.24) is 15.0 Å². The van der Waals surface area contributed by atoms with Gasteiger partial charge in [-0.05, 0) is 30.7 Å². The number of aryl methyl sites for hydroxylation is 1. The summed E-state index contributed by atoms with van der Waals surface area (Å²) in [6.45, 7) is 1.82. The molecule has 0 radical (unpaired) electrons. The molecule has 0 aliphatic heterocycles. The first-order valence-corrected chi connectivity index (χ1v) is 5.09. The molecular formula is C10H9ClN4O2. The molecule has 2 aromatic rings. The Labute approximate surface area is 102 Å². The molecule has 3 N–H and O–H groups in total. The Hall–Kier alpha value is -2.08. The average molecular weight is 253 g/mol. The number of carboxylic acid groups (broad SMARTS) is 1. The number of hydrogen-bond acceptors (Lipinski definition) is 4. The molecule has 0 atom stereocenters. The van der Waals surface area contributed by atoms with E-state index in [9.17, 15) is 4.79 Å². The van der Waals surface area contributed by atoms with E-state index in [2.05, 4.69) is 10.3 Å². The highest BCUT2D eigenvalue weighted by Crippen LogP contribution is 2.21. The van der Waals surface area contributed by atoms with E-state index in [-0.39, 0.29) is 11.5 Å². The van der Waals surface area contributed by atoms with Crippen LogP contribution in [0.2, 0.25) is 5.02 Å². The van der Waals surface area contributed by atoms with Crippen molar-refractivity contribution < 1.29 is 9.90 Å². The van der Waals surface area contributed by atoms with Crippen LogP contribution in [0.3, 0.4) is 0 Å². The molecule has 0 saturated heterocycles. The van der Waals surface area contributed by atoms with Gasteiger partial charge in [0.1, 0.15) is 0 Å². The Balaban J connectivity index is 2.57. The number of nitrogens with two attached hydrogens (primary N) is 1. The molecule has 1 heterocycles. The highest BCUT2D eigenvalue weighted by Gasteiger charge is 2.17. The molecule has 0 bridgehead atoms. The lowest BCUT2D eigenvalue weighted by Gasteiger charge is -2.06. The van der Waals surface area contributed by atoms with E-state index < -0.39 is 5.97 Å². The fourth-order valence-corrected chi connectivity index (χ4v) is 1.70. The first-order chi connectivity index (χ1) is 8.00. The molecule has 0 aliphatic carbocycles. The number of rotatable bonds is 2. The summed E-state index contributed by atoms with van der Waals surface area (Å²) in [5.74, 6) is -1.22. The predicted molar refractivity (Wildman–Crippen MR) is 62.5 cm³/mol. The number of aromatic nitrogens is 3. The second-order valence-corrected chi connectivity index (χ2v) is 3.91. The van der Waals surface area contributed by atoms with Crippen LogP contribution >= 0.6 is 11.6 Å². The minimum absolute atomic E-state index is 0.0112. The van der Waals surface area contributed by atoms with Crippen LogP contribution in [-0.2, 0) is 0 Å². The first-order valence-electron chi connectivity index (χ1n) is 4.71. The van der Waals surface area contributed by atoms with Gasteiger partial charge in [-0.3, -0.25) is 0 Å². The maximum absolute atomic E-state index is 10.8. The Morgan fingerprint density at radius 1 is 1.53 bits per heavy atom. The third-order valence-electron chi connectivity index (χ3n) is 2.29. The molecule has 1 aromatic carbocycles. The van der Waals surface area contributed by atoms with E-state index in [1.54, 1.807) is 18.2 Å². The van der Waals surface area contributed by atoms with Gasteiger partial charge in [0.05, 0.1) is 5.69 Å². The molecule has 1 aromatic heterocycles. The first kappa shape index (κ1) is 11.4. The Kier molecular flexibility index (Phi) is 2.72. The fraction of sp³-hybridized carbons (Fsp3) is 0.100. The zero-order valence-corrected chi connectivity index (χ0v) is 9.64. The molecule has 2 rings (SSSR count). The minimum Gasteiger partial charge on any atom is -0.476 e. The molecule has 6 nitrogen and oxygen atoms in total. The van der Waals surface area contributed by atoms with Gasteiger partial charge in [-0.2, -0.15) is 4.68 Å². The lowest BCUT2D eigenvalue weighted by Crippen LogP contribution is -2.06. The highest BCUT2D eigenvalue weighted by molar-refractivity contribution is 6.30. The van der Waals surface area contributed by atoms with Gasteiger partial charge in [0.2, 0.25) is 5.69 Å². The van der Waals surface area contributed by atoms with Crippen LogP contribution in [0.15, 0.2) is 18.2 Å². The smallest absolute Gasteiger partial charge is 0.360 e. The summed E-state index contributed by atoms with van der Waals surface area (Å²) < 4.78 is 1.27. The summed E-state index contributed by atoms with van der Waals surface area (Å²) in [6, 6.07) is 5.11. The maximum Gasteiger partial charge on any atom is 0.360 e. The van der Waals surface area contributed by atoms with Crippen molar-refractivity contribution in [1.29, 1.82) is 0 Å². The molecule has 0 aliphatic rings. The topological polar surface area (TPSA) is 94.0 Å². The largest absolute Gasteiger partial charge is 0.476 e.